The molecule has 2 aromatic rings. The maximum Gasteiger partial charge on any atom is 0.306 e. The molecule has 2 aromatic carbocycles. The highest BCUT2D eigenvalue weighted by atomic mass is 16.5. The molecule has 0 atom stereocenters. The maximum absolute atomic E-state index is 12.0. The van der Waals surface area contributed by atoms with Crippen LogP contribution in [-0.2, 0) is 25.5 Å². The van der Waals surface area contributed by atoms with Crippen molar-refractivity contribution in [1.29, 1.82) is 0 Å². The van der Waals surface area contributed by atoms with Gasteiger partial charge < -0.3 is 20.1 Å². The first-order chi connectivity index (χ1) is 13.5. The second kappa shape index (κ2) is 10.7. The van der Waals surface area contributed by atoms with Crippen molar-refractivity contribution in [1.82, 2.24) is 0 Å². The Morgan fingerprint density at radius 2 is 1.50 bits per heavy atom. The third-order valence-corrected chi connectivity index (χ3v) is 3.97. The molecule has 0 saturated carbocycles. The fourth-order valence-corrected chi connectivity index (χ4v) is 2.53. The molecule has 0 radical (unpaired) electrons. The molecule has 2 amide bonds. The van der Waals surface area contributed by atoms with Gasteiger partial charge in [0.1, 0.15) is 5.75 Å². The van der Waals surface area contributed by atoms with Crippen LogP contribution in [0.2, 0.25) is 0 Å². The smallest absolute Gasteiger partial charge is 0.306 e. The van der Waals surface area contributed by atoms with Crippen molar-refractivity contribution < 1.29 is 23.9 Å². The molecular weight excluding hydrogens is 360 g/mol. The third-order valence-electron chi connectivity index (χ3n) is 3.97. The normalized spacial score (nSPS) is 10.1. The lowest BCUT2D eigenvalue weighted by Crippen LogP contribution is -2.22. The molecular formula is C21H24N2O5. The highest BCUT2D eigenvalue weighted by molar-refractivity contribution is 5.95. The topological polar surface area (TPSA) is 93.7 Å². The number of anilines is 2. The van der Waals surface area contributed by atoms with E-state index in [4.69, 9.17) is 9.47 Å². The Morgan fingerprint density at radius 1 is 0.857 bits per heavy atom. The van der Waals surface area contributed by atoms with Crippen molar-refractivity contribution in [2.75, 3.05) is 24.4 Å². The SMILES string of the molecule is CCc1ccccc1NC(=O)COC(=O)CCC(=O)Nc1ccccc1OC. The summed E-state index contributed by atoms with van der Waals surface area (Å²) in [6.45, 7) is 1.59. The molecule has 0 aliphatic rings. The second-order valence-electron chi connectivity index (χ2n) is 5.97. The van der Waals surface area contributed by atoms with Gasteiger partial charge in [-0.1, -0.05) is 37.3 Å². The van der Waals surface area contributed by atoms with Crippen LogP contribution < -0.4 is 15.4 Å². The average molecular weight is 384 g/mol. The minimum atomic E-state index is -0.617. The number of amides is 2. The van der Waals surface area contributed by atoms with E-state index in [0.717, 1.165) is 12.0 Å². The number of para-hydroxylation sites is 3. The summed E-state index contributed by atoms with van der Waals surface area (Å²) in [6, 6.07) is 14.4. The summed E-state index contributed by atoms with van der Waals surface area (Å²) in [7, 11) is 1.51. The monoisotopic (exact) mass is 384 g/mol. The number of esters is 1. The van der Waals surface area contributed by atoms with Gasteiger partial charge in [0.2, 0.25) is 5.91 Å². The molecule has 0 spiro atoms. The van der Waals surface area contributed by atoms with E-state index in [2.05, 4.69) is 10.6 Å². The van der Waals surface area contributed by atoms with E-state index >= 15 is 0 Å². The fourth-order valence-electron chi connectivity index (χ4n) is 2.53. The Morgan fingerprint density at radius 3 is 2.21 bits per heavy atom. The van der Waals surface area contributed by atoms with E-state index in [-0.39, 0.29) is 18.7 Å². The molecule has 2 rings (SSSR count). The lowest BCUT2D eigenvalue weighted by molar-refractivity contribution is -0.147. The van der Waals surface area contributed by atoms with Crippen LogP contribution in [0.15, 0.2) is 48.5 Å². The number of carbonyl (C=O) groups is 3. The summed E-state index contributed by atoms with van der Waals surface area (Å²) in [5, 5.41) is 5.39. The van der Waals surface area contributed by atoms with Crippen LogP contribution in [0.3, 0.4) is 0 Å². The first-order valence-corrected chi connectivity index (χ1v) is 8.99. The van der Waals surface area contributed by atoms with Crippen LogP contribution in [-0.4, -0.2) is 31.5 Å². The lowest BCUT2D eigenvalue weighted by atomic mass is 10.1. The number of rotatable bonds is 9. The number of aryl methyl sites for hydroxylation is 1. The van der Waals surface area contributed by atoms with Crippen LogP contribution in [0.1, 0.15) is 25.3 Å². The van der Waals surface area contributed by atoms with Crippen molar-refractivity contribution in [3.05, 3.63) is 54.1 Å². The van der Waals surface area contributed by atoms with Gasteiger partial charge in [-0.15, -0.1) is 0 Å². The summed E-state index contributed by atoms with van der Waals surface area (Å²) in [5.74, 6) is -0.855. The minimum absolute atomic E-state index is 0.0584. The number of hydrogen-bond acceptors (Lipinski definition) is 5. The van der Waals surface area contributed by atoms with Gasteiger partial charge in [0.25, 0.3) is 5.91 Å². The van der Waals surface area contributed by atoms with Crippen LogP contribution in [0.25, 0.3) is 0 Å². The molecule has 7 heteroatoms. The van der Waals surface area contributed by atoms with Gasteiger partial charge in [-0.05, 0) is 30.2 Å². The minimum Gasteiger partial charge on any atom is -0.495 e. The number of methoxy groups -OCH3 is 1. The molecule has 0 saturated heterocycles. The number of hydrogen-bond donors (Lipinski definition) is 2. The van der Waals surface area contributed by atoms with Crippen molar-refractivity contribution >= 4 is 29.2 Å². The van der Waals surface area contributed by atoms with Gasteiger partial charge in [-0.25, -0.2) is 0 Å². The van der Waals surface area contributed by atoms with Gasteiger partial charge in [0, 0.05) is 12.1 Å². The standard InChI is InChI=1S/C21H24N2O5/c1-3-15-8-4-5-9-16(15)22-20(25)14-28-21(26)13-12-19(24)23-17-10-6-7-11-18(17)27-2/h4-11H,3,12-14H2,1-2H3,(H,22,25)(H,23,24). The van der Waals surface area contributed by atoms with Gasteiger partial charge in [-0.3, -0.25) is 14.4 Å². The summed E-state index contributed by atoms with van der Waals surface area (Å²) in [4.78, 5) is 35.7. The number of ether oxygens (including phenoxy) is 2. The van der Waals surface area contributed by atoms with Crippen molar-refractivity contribution in [3.63, 3.8) is 0 Å². The first kappa shape index (κ1) is 21.0. The largest absolute Gasteiger partial charge is 0.495 e. The molecule has 0 fully saturated rings. The Bertz CT molecular complexity index is 768. The van der Waals surface area contributed by atoms with E-state index < -0.39 is 18.5 Å². The zero-order valence-electron chi connectivity index (χ0n) is 16.0. The number of nitrogens with one attached hydrogen (secondary N) is 2. The quantitative estimate of drug-likeness (QED) is 0.648. The Hall–Kier alpha value is -3.35. The lowest BCUT2D eigenvalue weighted by Gasteiger charge is -2.11. The van der Waals surface area contributed by atoms with E-state index in [0.29, 0.717) is 17.1 Å². The molecule has 0 aromatic heterocycles. The highest BCUT2D eigenvalue weighted by Gasteiger charge is 2.13. The fraction of sp³-hybridized carbons (Fsp3) is 0.286. The predicted octanol–water partition coefficient (Wildman–Crippen LogP) is 3.16. The van der Waals surface area contributed by atoms with Crippen LogP contribution in [0.5, 0.6) is 5.75 Å². The molecule has 0 aliphatic heterocycles. The third kappa shape index (κ3) is 6.42. The Labute approximate surface area is 164 Å². The van der Waals surface area contributed by atoms with Gasteiger partial charge in [0.15, 0.2) is 6.61 Å². The van der Waals surface area contributed by atoms with E-state index in [1.807, 2.05) is 25.1 Å². The van der Waals surface area contributed by atoms with Gasteiger partial charge in [-0.2, -0.15) is 0 Å². The highest BCUT2D eigenvalue weighted by Crippen LogP contribution is 2.23. The van der Waals surface area contributed by atoms with Gasteiger partial charge in [0.05, 0.1) is 19.2 Å². The predicted molar refractivity (Wildman–Crippen MR) is 106 cm³/mol. The first-order valence-electron chi connectivity index (χ1n) is 8.99. The van der Waals surface area contributed by atoms with Crippen LogP contribution in [0, 0.1) is 0 Å². The van der Waals surface area contributed by atoms with E-state index in [9.17, 15) is 14.4 Å². The summed E-state index contributed by atoms with van der Waals surface area (Å²) in [6.07, 6.45) is 0.592. The average Bonchev–Trinajstić information content (AvgIpc) is 2.71. The van der Waals surface area contributed by atoms with E-state index in [1.54, 1.807) is 30.3 Å². The zero-order valence-corrected chi connectivity index (χ0v) is 16.0. The maximum atomic E-state index is 12.0. The summed E-state index contributed by atoms with van der Waals surface area (Å²) in [5.41, 5.74) is 2.22. The molecule has 0 heterocycles. The molecule has 0 aliphatic carbocycles. The van der Waals surface area contributed by atoms with Crippen molar-refractivity contribution in [2.24, 2.45) is 0 Å². The van der Waals surface area contributed by atoms with Crippen molar-refractivity contribution in [3.8, 4) is 5.75 Å². The van der Waals surface area contributed by atoms with Crippen molar-refractivity contribution in [2.45, 2.75) is 26.2 Å². The van der Waals surface area contributed by atoms with E-state index in [1.165, 1.54) is 7.11 Å². The number of carbonyl (C=O) groups excluding carboxylic acids is 3. The number of benzene rings is 2. The van der Waals surface area contributed by atoms with Crippen LogP contribution >= 0.6 is 0 Å². The molecule has 0 unspecified atom stereocenters. The Kier molecular flexibility index (Phi) is 8.02. The van der Waals surface area contributed by atoms with Crippen LogP contribution in [0.4, 0.5) is 11.4 Å². The molecule has 28 heavy (non-hydrogen) atoms. The molecule has 148 valence electrons. The van der Waals surface area contributed by atoms with Gasteiger partial charge >= 0.3 is 5.97 Å². The molecule has 7 nitrogen and oxygen atoms in total. The second-order valence-corrected chi connectivity index (χ2v) is 5.97. The zero-order chi connectivity index (χ0) is 20.4. The Balaban J connectivity index is 1.73. The molecule has 2 N–H and O–H groups in total. The molecule has 0 bridgehead atoms. The summed E-state index contributed by atoms with van der Waals surface area (Å²) >= 11 is 0. The summed E-state index contributed by atoms with van der Waals surface area (Å²) < 4.78 is 10.1.